The van der Waals surface area contributed by atoms with Crippen LogP contribution in [-0.2, 0) is 9.59 Å². The van der Waals surface area contributed by atoms with Crippen molar-refractivity contribution >= 4 is 46.7 Å². The van der Waals surface area contributed by atoms with Gasteiger partial charge in [-0.2, -0.15) is 0 Å². The molecule has 0 saturated carbocycles. The lowest BCUT2D eigenvalue weighted by Crippen LogP contribution is -1.93. The first-order valence-electron chi connectivity index (χ1n) is 7.72. The molecule has 2 N–H and O–H groups in total. The largest absolute Gasteiger partial charge is 0.481 e. The molecular formula is C15H27Cl3O4. The van der Waals surface area contributed by atoms with Crippen molar-refractivity contribution in [2.45, 2.75) is 81.3 Å². The number of unbranched alkanes of at least 4 members (excludes halogenated alkanes) is 9. The van der Waals surface area contributed by atoms with Crippen molar-refractivity contribution in [1.82, 2.24) is 0 Å². The molecule has 0 unspecified atom stereocenters. The van der Waals surface area contributed by atoms with E-state index >= 15 is 0 Å². The first-order chi connectivity index (χ1) is 10.4. The highest BCUT2D eigenvalue weighted by Gasteiger charge is 1.98. The minimum atomic E-state index is -0.750. The van der Waals surface area contributed by atoms with Gasteiger partial charge in [0.2, 0.25) is 0 Å². The molecule has 132 valence electrons. The van der Waals surface area contributed by atoms with Crippen molar-refractivity contribution in [3.8, 4) is 0 Å². The fraction of sp³-hybridized carbons (Fsp3) is 0.867. The summed E-state index contributed by atoms with van der Waals surface area (Å²) in [6.45, 7) is 0. The van der Waals surface area contributed by atoms with Gasteiger partial charge in [-0.25, -0.2) is 0 Å². The monoisotopic (exact) mass is 376 g/mol. The highest BCUT2D eigenvalue weighted by atomic mass is 35.6. The maximum Gasteiger partial charge on any atom is 0.303 e. The third-order valence-corrected chi connectivity index (χ3v) is 3.03. The van der Waals surface area contributed by atoms with E-state index in [1.54, 1.807) is 0 Å². The predicted octanol–water partition coefficient (Wildman–Crippen LogP) is 5.82. The third-order valence-electron chi connectivity index (χ3n) is 3.03. The molecule has 0 heterocycles. The molecule has 0 atom stereocenters. The Morgan fingerprint density at radius 2 is 0.773 bits per heavy atom. The molecule has 7 heteroatoms. The van der Waals surface area contributed by atoms with Crippen LogP contribution in [0.1, 0.15) is 77.0 Å². The van der Waals surface area contributed by atoms with E-state index in [4.69, 9.17) is 45.0 Å². The molecule has 0 bridgehead atoms. The molecule has 4 nitrogen and oxygen atoms in total. The predicted molar refractivity (Wildman–Crippen MR) is 92.0 cm³/mol. The van der Waals surface area contributed by atoms with Crippen LogP contribution >= 0.6 is 34.8 Å². The lowest BCUT2D eigenvalue weighted by molar-refractivity contribution is -0.138. The Hall–Kier alpha value is -0.190. The number of alkyl halides is 3. The van der Waals surface area contributed by atoms with Gasteiger partial charge in [-0.15, -0.1) is 0 Å². The zero-order valence-corrected chi connectivity index (χ0v) is 15.2. The van der Waals surface area contributed by atoms with Crippen molar-refractivity contribution in [2.75, 3.05) is 0 Å². The second-order valence-corrected chi connectivity index (χ2v) is 7.05. The number of carboxylic acid groups (broad SMARTS) is 2. The molecule has 22 heavy (non-hydrogen) atoms. The summed E-state index contributed by atoms with van der Waals surface area (Å²) in [6.07, 6.45) is 11.3. The molecule has 0 radical (unpaired) electrons. The van der Waals surface area contributed by atoms with Crippen LogP contribution in [0.5, 0.6) is 0 Å². The van der Waals surface area contributed by atoms with E-state index in [-0.39, 0.29) is 0 Å². The molecule has 0 aromatic carbocycles. The quantitative estimate of drug-likeness (QED) is 0.313. The molecular weight excluding hydrogens is 351 g/mol. The van der Waals surface area contributed by atoms with E-state index in [1.165, 1.54) is 25.7 Å². The minimum Gasteiger partial charge on any atom is -0.481 e. The second kappa shape index (κ2) is 18.9. The van der Waals surface area contributed by atoms with Crippen LogP contribution in [0.25, 0.3) is 0 Å². The van der Waals surface area contributed by atoms with Crippen LogP contribution < -0.4 is 0 Å². The summed E-state index contributed by atoms with van der Waals surface area (Å²) >= 11 is 14.4. The van der Waals surface area contributed by atoms with E-state index in [0.29, 0.717) is 12.8 Å². The summed E-state index contributed by atoms with van der Waals surface area (Å²) < 4.78 is -0.750. The van der Waals surface area contributed by atoms with Crippen molar-refractivity contribution in [2.24, 2.45) is 0 Å². The number of halogens is 3. The van der Waals surface area contributed by atoms with Gasteiger partial charge in [-0.1, -0.05) is 86.2 Å². The lowest BCUT2D eigenvalue weighted by Gasteiger charge is -2.01. The van der Waals surface area contributed by atoms with Crippen LogP contribution in [0.2, 0.25) is 0 Å². The van der Waals surface area contributed by atoms with Gasteiger partial charge >= 0.3 is 11.9 Å². The summed E-state index contributed by atoms with van der Waals surface area (Å²) in [5.41, 5.74) is 0. The Balaban J connectivity index is 0. The van der Waals surface area contributed by atoms with Gasteiger partial charge in [-0.05, 0) is 12.8 Å². The molecule has 0 spiro atoms. The van der Waals surface area contributed by atoms with Gasteiger partial charge in [0.1, 0.15) is 0 Å². The van der Waals surface area contributed by atoms with E-state index < -0.39 is 16.2 Å². The Bertz CT molecular complexity index is 247. The summed E-state index contributed by atoms with van der Waals surface area (Å²) in [7, 11) is 0. The molecule has 0 rings (SSSR count). The Morgan fingerprint density at radius 3 is 0.955 bits per heavy atom. The summed E-state index contributed by atoms with van der Waals surface area (Å²) in [6, 6.07) is 0. The maximum absolute atomic E-state index is 10.3. The molecule has 0 aromatic heterocycles. The van der Waals surface area contributed by atoms with Crippen molar-refractivity contribution in [3.05, 3.63) is 0 Å². The van der Waals surface area contributed by atoms with Crippen LogP contribution in [-0.4, -0.2) is 26.4 Å². The van der Waals surface area contributed by atoms with Crippen molar-refractivity contribution in [1.29, 1.82) is 0 Å². The first kappa shape index (κ1) is 24.1. The highest BCUT2D eigenvalue weighted by molar-refractivity contribution is 6.63. The fourth-order valence-corrected chi connectivity index (χ4v) is 1.97. The summed E-state index contributed by atoms with van der Waals surface area (Å²) in [5.74, 6) is -1.40. The van der Waals surface area contributed by atoms with Gasteiger partial charge in [0, 0.05) is 12.8 Å². The average Bonchev–Trinajstić information content (AvgIpc) is 2.38. The fourth-order valence-electron chi connectivity index (χ4n) is 1.97. The van der Waals surface area contributed by atoms with Crippen molar-refractivity contribution < 1.29 is 19.8 Å². The van der Waals surface area contributed by atoms with E-state index in [1.807, 2.05) is 0 Å². The Morgan fingerprint density at radius 1 is 0.591 bits per heavy atom. The van der Waals surface area contributed by atoms with Gasteiger partial charge in [-0.3, -0.25) is 9.59 Å². The number of aliphatic carboxylic acids is 2. The Labute approximate surface area is 148 Å². The number of hydrogen-bond donors (Lipinski definition) is 2. The molecule has 0 aliphatic heterocycles. The van der Waals surface area contributed by atoms with E-state index in [9.17, 15) is 9.59 Å². The topological polar surface area (TPSA) is 74.6 Å². The van der Waals surface area contributed by atoms with Gasteiger partial charge in [0.15, 0.2) is 4.30 Å². The van der Waals surface area contributed by atoms with Crippen LogP contribution in [0, 0.1) is 0 Å². The number of hydrogen-bond acceptors (Lipinski definition) is 2. The number of carboxylic acids is 2. The standard InChI is InChI=1S/C14H26O4.CHCl3/c15-13(16)11-9-7-5-3-1-2-4-6-8-10-12-14(17)18;2-1(3)4/h1-12H2,(H,15,16)(H,17,18);1H. The van der Waals surface area contributed by atoms with Crippen LogP contribution in [0.3, 0.4) is 0 Å². The van der Waals surface area contributed by atoms with E-state index in [0.717, 1.165) is 38.5 Å². The minimum absolute atomic E-state index is 0.295. The molecule has 0 amide bonds. The zero-order chi connectivity index (χ0) is 17.2. The summed E-state index contributed by atoms with van der Waals surface area (Å²) in [5, 5.41) is 16.9. The number of rotatable bonds is 13. The molecule has 0 aliphatic rings. The number of carbonyl (C=O) groups is 2. The second-order valence-electron chi connectivity index (χ2n) is 5.07. The van der Waals surface area contributed by atoms with Crippen LogP contribution in [0.15, 0.2) is 0 Å². The molecule has 0 aliphatic carbocycles. The SMILES string of the molecule is ClC(Cl)Cl.O=C(O)CCCCCCCCCCCCC(=O)O. The van der Waals surface area contributed by atoms with Gasteiger partial charge in [0.25, 0.3) is 0 Å². The summed E-state index contributed by atoms with van der Waals surface area (Å²) in [4.78, 5) is 20.5. The van der Waals surface area contributed by atoms with Gasteiger partial charge < -0.3 is 10.2 Å². The molecule has 0 saturated heterocycles. The molecule has 0 aromatic rings. The average molecular weight is 378 g/mol. The van der Waals surface area contributed by atoms with Gasteiger partial charge in [0.05, 0.1) is 0 Å². The lowest BCUT2D eigenvalue weighted by atomic mass is 10.1. The van der Waals surface area contributed by atoms with Crippen molar-refractivity contribution in [3.63, 3.8) is 0 Å². The van der Waals surface area contributed by atoms with E-state index in [2.05, 4.69) is 0 Å². The molecule has 0 fully saturated rings. The van der Waals surface area contributed by atoms with Crippen LogP contribution in [0.4, 0.5) is 0 Å². The maximum atomic E-state index is 10.3. The third kappa shape index (κ3) is 32.0. The first-order valence-corrected chi connectivity index (χ1v) is 9.03. The highest BCUT2D eigenvalue weighted by Crippen LogP contribution is 2.11. The smallest absolute Gasteiger partial charge is 0.303 e. The zero-order valence-electron chi connectivity index (χ0n) is 12.9. The normalized spacial score (nSPS) is 10.2. The Kier molecular flexibility index (Phi) is 20.6.